The van der Waals surface area contributed by atoms with E-state index >= 15 is 0 Å². The van der Waals surface area contributed by atoms with Crippen LogP contribution in [0.15, 0.2) is 71.4 Å². The zero-order valence-corrected chi connectivity index (χ0v) is 19.6. The number of methoxy groups -OCH3 is 1. The Morgan fingerprint density at radius 1 is 1.15 bits per heavy atom. The van der Waals surface area contributed by atoms with Crippen LogP contribution in [-0.4, -0.2) is 19.6 Å². The van der Waals surface area contributed by atoms with E-state index in [4.69, 9.17) is 13.9 Å². The van der Waals surface area contributed by atoms with Crippen LogP contribution in [0, 0.1) is 12.7 Å². The number of allylic oxidation sites excluding steroid dienone is 1. The highest BCUT2D eigenvalue weighted by Crippen LogP contribution is 2.40. The van der Waals surface area contributed by atoms with Crippen LogP contribution < -0.4 is 14.8 Å². The molecule has 0 atom stereocenters. The molecule has 0 fully saturated rings. The molecular weight excluding hydrogens is 433 g/mol. The third-order valence-electron chi connectivity index (χ3n) is 5.63. The van der Waals surface area contributed by atoms with Crippen LogP contribution >= 0.6 is 0 Å². The van der Waals surface area contributed by atoms with Gasteiger partial charge in [-0.2, -0.15) is 0 Å². The quantitative estimate of drug-likeness (QED) is 0.302. The Labute approximate surface area is 197 Å². The summed E-state index contributed by atoms with van der Waals surface area (Å²) >= 11 is 0. The van der Waals surface area contributed by atoms with E-state index in [9.17, 15) is 9.18 Å². The van der Waals surface area contributed by atoms with Gasteiger partial charge in [0.2, 0.25) is 5.91 Å². The average Bonchev–Trinajstić information content (AvgIpc) is 3.25. The minimum atomic E-state index is -0.491. The van der Waals surface area contributed by atoms with Crippen LogP contribution in [0.2, 0.25) is 0 Å². The number of halogens is 1. The van der Waals surface area contributed by atoms with E-state index in [1.807, 2.05) is 51.1 Å². The number of carbonyl (C=O) groups is 1. The van der Waals surface area contributed by atoms with Gasteiger partial charge in [-0.15, -0.1) is 0 Å². The van der Waals surface area contributed by atoms with Crippen molar-refractivity contribution in [3.05, 3.63) is 83.9 Å². The van der Waals surface area contributed by atoms with Crippen molar-refractivity contribution in [2.45, 2.75) is 20.8 Å². The second-order valence-electron chi connectivity index (χ2n) is 7.86. The second kappa shape index (κ2) is 9.83. The van der Waals surface area contributed by atoms with Gasteiger partial charge in [0.1, 0.15) is 22.9 Å². The molecule has 1 N–H and O–H groups in total. The molecule has 0 unspecified atom stereocenters. The summed E-state index contributed by atoms with van der Waals surface area (Å²) in [5, 5.41) is 3.49. The molecule has 34 heavy (non-hydrogen) atoms. The molecule has 0 radical (unpaired) electrons. The van der Waals surface area contributed by atoms with Crippen molar-refractivity contribution in [2.75, 3.05) is 19.0 Å². The van der Waals surface area contributed by atoms with Crippen LogP contribution in [0.1, 0.15) is 25.0 Å². The van der Waals surface area contributed by atoms with Gasteiger partial charge in [0.15, 0.2) is 0 Å². The van der Waals surface area contributed by atoms with Gasteiger partial charge < -0.3 is 19.2 Å². The number of benzene rings is 3. The van der Waals surface area contributed by atoms with Crippen LogP contribution in [0.3, 0.4) is 0 Å². The summed E-state index contributed by atoms with van der Waals surface area (Å²) in [6.45, 7) is 6.29. The normalized spacial score (nSPS) is 11.5. The number of carbonyl (C=O) groups excluding carboxylic acids is 1. The van der Waals surface area contributed by atoms with E-state index in [1.165, 1.54) is 18.2 Å². The van der Waals surface area contributed by atoms with Crippen LogP contribution in [0.25, 0.3) is 27.7 Å². The Morgan fingerprint density at radius 3 is 2.56 bits per heavy atom. The lowest BCUT2D eigenvalue weighted by molar-refractivity contribution is -0.111. The summed E-state index contributed by atoms with van der Waals surface area (Å²) < 4.78 is 31.0. The monoisotopic (exact) mass is 459 g/mol. The molecular formula is C28H26FNO4. The zero-order chi connectivity index (χ0) is 24.2. The molecule has 0 bridgehead atoms. The summed E-state index contributed by atoms with van der Waals surface area (Å²) in [5.74, 6) is 0.501. The summed E-state index contributed by atoms with van der Waals surface area (Å²) in [4.78, 5) is 12.6. The lowest BCUT2D eigenvalue weighted by Crippen LogP contribution is -2.10. The molecule has 0 spiro atoms. The van der Waals surface area contributed by atoms with Gasteiger partial charge in [-0.1, -0.05) is 24.3 Å². The maximum atomic E-state index is 13.9. The van der Waals surface area contributed by atoms with E-state index < -0.39 is 11.7 Å². The number of hydrogen-bond acceptors (Lipinski definition) is 4. The number of fused-ring (bicyclic) bond motifs is 1. The van der Waals surface area contributed by atoms with Crippen LogP contribution in [-0.2, 0) is 4.79 Å². The molecule has 0 aliphatic rings. The molecule has 0 saturated heterocycles. The molecule has 0 aliphatic heterocycles. The lowest BCUT2D eigenvalue weighted by atomic mass is 9.96. The smallest absolute Gasteiger partial charge is 0.248 e. The molecule has 6 heteroatoms. The van der Waals surface area contributed by atoms with Crippen molar-refractivity contribution in [3.63, 3.8) is 0 Å². The van der Waals surface area contributed by atoms with Gasteiger partial charge in [0, 0.05) is 28.2 Å². The van der Waals surface area contributed by atoms with Crippen molar-refractivity contribution in [3.8, 4) is 22.6 Å². The fourth-order valence-corrected chi connectivity index (χ4v) is 4.00. The molecule has 1 heterocycles. The van der Waals surface area contributed by atoms with Crippen LogP contribution in [0.5, 0.6) is 11.5 Å². The maximum Gasteiger partial charge on any atom is 0.248 e. The molecule has 4 aromatic rings. The summed E-state index contributed by atoms with van der Waals surface area (Å²) in [6, 6.07) is 15.8. The Bertz CT molecular complexity index is 1370. The number of nitrogens with one attached hydrogen (secondary N) is 1. The predicted molar refractivity (Wildman–Crippen MR) is 133 cm³/mol. The van der Waals surface area contributed by atoms with Crippen LogP contribution in [0.4, 0.5) is 10.1 Å². The van der Waals surface area contributed by atoms with Gasteiger partial charge in [-0.3, -0.25) is 4.79 Å². The summed E-state index contributed by atoms with van der Waals surface area (Å²) in [5.41, 5.74) is 5.01. The van der Waals surface area contributed by atoms with Crippen molar-refractivity contribution in [1.82, 2.24) is 0 Å². The van der Waals surface area contributed by atoms with E-state index in [1.54, 1.807) is 25.5 Å². The number of anilines is 1. The first-order chi connectivity index (χ1) is 16.4. The molecule has 0 aliphatic carbocycles. The summed E-state index contributed by atoms with van der Waals surface area (Å²) in [7, 11) is 1.58. The molecule has 5 nitrogen and oxygen atoms in total. The van der Waals surface area contributed by atoms with Gasteiger partial charge in [-0.25, -0.2) is 4.39 Å². The van der Waals surface area contributed by atoms with Crippen molar-refractivity contribution in [2.24, 2.45) is 0 Å². The van der Waals surface area contributed by atoms with Gasteiger partial charge in [0.05, 0.1) is 25.7 Å². The zero-order valence-electron chi connectivity index (χ0n) is 19.6. The van der Waals surface area contributed by atoms with Gasteiger partial charge >= 0.3 is 0 Å². The number of para-hydroxylation sites is 1. The van der Waals surface area contributed by atoms with E-state index in [0.717, 1.165) is 33.4 Å². The first kappa shape index (κ1) is 23.1. The highest BCUT2D eigenvalue weighted by atomic mass is 19.1. The second-order valence-corrected chi connectivity index (χ2v) is 7.86. The number of aryl methyl sites for hydroxylation is 1. The highest BCUT2D eigenvalue weighted by molar-refractivity contribution is 6.06. The van der Waals surface area contributed by atoms with E-state index in [2.05, 4.69) is 5.32 Å². The van der Waals surface area contributed by atoms with Crippen molar-refractivity contribution in [1.29, 1.82) is 0 Å². The number of amides is 1. The minimum absolute atomic E-state index is 0.128. The Kier molecular flexibility index (Phi) is 6.68. The number of ether oxygens (including phenoxy) is 2. The lowest BCUT2D eigenvalue weighted by Gasteiger charge is -2.13. The third kappa shape index (κ3) is 4.53. The fourth-order valence-electron chi connectivity index (χ4n) is 4.00. The van der Waals surface area contributed by atoms with Crippen molar-refractivity contribution < 1.29 is 23.1 Å². The Morgan fingerprint density at radius 2 is 1.88 bits per heavy atom. The Hall–Kier alpha value is -4.06. The minimum Gasteiger partial charge on any atom is -0.496 e. The SMILES string of the molecule is CCOc1ccc(-c2coc3c(C)c(OC)c(/C(C)=C/C(=O)Nc4ccccc4F)cc23)cc1. The predicted octanol–water partition coefficient (Wildman–Crippen LogP) is 7.00. The number of hydrogen-bond donors (Lipinski definition) is 1. The van der Waals surface area contributed by atoms with Crippen molar-refractivity contribution >= 4 is 28.1 Å². The Balaban J connectivity index is 1.74. The topological polar surface area (TPSA) is 60.7 Å². The molecule has 1 aromatic heterocycles. The fraction of sp³-hybridized carbons (Fsp3) is 0.179. The largest absolute Gasteiger partial charge is 0.496 e. The average molecular weight is 460 g/mol. The van der Waals surface area contributed by atoms with Gasteiger partial charge in [-0.05, 0) is 62.2 Å². The number of furan rings is 1. The van der Waals surface area contributed by atoms with Gasteiger partial charge in [0.25, 0.3) is 0 Å². The molecule has 0 saturated carbocycles. The molecule has 1 amide bonds. The van der Waals surface area contributed by atoms with E-state index in [-0.39, 0.29) is 5.69 Å². The molecule has 3 aromatic carbocycles. The van der Waals surface area contributed by atoms with E-state index in [0.29, 0.717) is 23.5 Å². The first-order valence-electron chi connectivity index (χ1n) is 11.0. The first-order valence-corrected chi connectivity index (χ1v) is 11.0. The number of rotatable bonds is 7. The molecule has 4 rings (SSSR count). The molecule has 174 valence electrons. The highest BCUT2D eigenvalue weighted by Gasteiger charge is 2.19. The maximum absolute atomic E-state index is 13.9. The summed E-state index contributed by atoms with van der Waals surface area (Å²) in [6.07, 6.45) is 3.16. The standard InChI is InChI=1S/C28H26FNO4/c1-5-33-20-12-10-19(11-13-20)23-16-34-28-18(3)27(32-4)21(15-22(23)28)17(2)14-26(31)30-25-9-7-6-8-24(25)29/h6-16H,5H2,1-4H3,(H,30,31)/b17-14+. The third-order valence-corrected chi connectivity index (χ3v) is 5.63.